The fourth-order valence-corrected chi connectivity index (χ4v) is 2.76. The van der Waals surface area contributed by atoms with Crippen LogP contribution in [0.1, 0.15) is 23.3 Å². The number of piperidine rings is 1. The Balaban J connectivity index is 1.80. The molecule has 0 unspecified atom stereocenters. The maximum atomic E-state index is 10.9. The maximum Gasteiger partial charge on any atom is 0.356 e. The molecule has 1 fully saturated rings. The molecular weight excluding hydrogens is 270 g/mol. The van der Waals surface area contributed by atoms with Crippen molar-refractivity contribution in [2.24, 2.45) is 0 Å². The number of hydrogen-bond donors (Lipinski definition) is 1. The van der Waals surface area contributed by atoms with Crippen LogP contribution in [0.25, 0.3) is 5.65 Å². The van der Waals surface area contributed by atoms with Crippen LogP contribution >= 0.6 is 0 Å². The van der Waals surface area contributed by atoms with E-state index in [1.807, 2.05) is 6.07 Å². The van der Waals surface area contributed by atoms with Crippen LogP contribution < -0.4 is 4.90 Å². The van der Waals surface area contributed by atoms with Crippen LogP contribution in [-0.2, 0) is 0 Å². The van der Waals surface area contributed by atoms with Crippen molar-refractivity contribution in [3.8, 4) is 0 Å². The first kappa shape index (κ1) is 13.8. The van der Waals surface area contributed by atoms with Gasteiger partial charge in [0.15, 0.2) is 11.3 Å². The van der Waals surface area contributed by atoms with Gasteiger partial charge in [-0.3, -0.25) is 0 Å². The Kier molecular flexibility index (Phi) is 3.50. The van der Waals surface area contributed by atoms with Gasteiger partial charge in [-0.1, -0.05) is 0 Å². The number of carboxylic acid groups (broad SMARTS) is 1. The predicted molar refractivity (Wildman–Crippen MR) is 78.9 cm³/mol. The van der Waals surface area contributed by atoms with E-state index < -0.39 is 5.97 Å². The summed E-state index contributed by atoms with van der Waals surface area (Å²) in [5.74, 6) is -0.148. The van der Waals surface area contributed by atoms with E-state index in [-0.39, 0.29) is 5.69 Å². The second-order valence-electron chi connectivity index (χ2n) is 5.61. The van der Waals surface area contributed by atoms with E-state index in [0.29, 0.717) is 11.7 Å². The van der Waals surface area contributed by atoms with Crippen molar-refractivity contribution in [2.75, 3.05) is 32.1 Å². The van der Waals surface area contributed by atoms with Gasteiger partial charge >= 0.3 is 5.97 Å². The van der Waals surface area contributed by atoms with E-state index in [4.69, 9.17) is 5.11 Å². The quantitative estimate of drug-likeness (QED) is 0.907. The van der Waals surface area contributed by atoms with Gasteiger partial charge in [0.1, 0.15) is 5.82 Å². The van der Waals surface area contributed by atoms with Crippen LogP contribution in [0.15, 0.2) is 18.3 Å². The monoisotopic (exact) mass is 289 g/mol. The Bertz CT molecular complexity index is 658. The molecule has 1 aliphatic heterocycles. The molecule has 1 saturated heterocycles. The largest absolute Gasteiger partial charge is 0.476 e. The number of nitrogens with zero attached hydrogens (tertiary/aromatic N) is 5. The Morgan fingerprint density at radius 1 is 1.38 bits per heavy atom. The summed E-state index contributed by atoms with van der Waals surface area (Å²) in [5.41, 5.74) is 0.589. The zero-order chi connectivity index (χ0) is 15.0. The minimum atomic E-state index is -1.03. The normalized spacial score (nSPS) is 16.8. The molecule has 2 aromatic rings. The molecule has 2 aromatic heterocycles. The summed E-state index contributed by atoms with van der Waals surface area (Å²) >= 11 is 0. The number of anilines is 1. The van der Waals surface area contributed by atoms with Crippen LogP contribution in [0.2, 0.25) is 0 Å². The van der Waals surface area contributed by atoms with E-state index in [1.165, 1.54) is 10.6 Å². The van der Waals surface area contributed by atoms with Crippen molar-refractivity contribution in [2.45, 2.75) is 18.9 Å². The molecule has 0 spiro atoms. The van der Waals surface area contributed by atoms with Gasteiger partial charge in [0.25, 0.3) is 0 Å². The molecule has 0 saturated carbocycles. The molecule has 0 bridgehead atoms. The van der Waals surface area contributed by atoms with Gasteiger partial charge in [-0.05, 0) is 33.0 Å². The van der Waals surface area contributed by atoms with Gasteiger partial charge < -0.3 is 14.9 Å². The molecule has 0 aliphatic carbocycles. The highest BCUT2D eigenvalue weighted by Crippen LogP contribution is 2.20. The van der Waals surface area contributed by atoms with Crippen LogP contribution in [0.3, 0.4) is 0 Å². The van der Waals surface area contributed by atoms with Crippen LogP contribution in [0.4, 0.5) is 5.82 Å². The topological polar surface area (TPSA) is 74.0 Å². The first-order chi connectivity index (χ1) is 10.0. The molecule has 112 valence electrons. The molecule has 1 N–H and O–H groups in total. The number of fused-ring (bicyclic) bond motifs is 1. The second kappa shape index (κ2) is 5.33. The lowest BCUT2D eigenvalue weighted by Gasteiger charge is -2.35. The molecule has 21 heavy (non-hydrogen) atoms. The lowest BCUT2D eigenvalue weighted by Crippen LogP contribution is -2.42. The molecule has 0 radical (unpaired) electrons. The summed E-state index contributed by atoms with van der Waals surface area (Å²) in [4.78, 5) is 20.0. The summed E-state index contributed by atoms with van der Waals surface area (Å²) in [6.07, 6.45) is 3.99. The number of hydrogen-bond acceptors (Lipinski definition) is 5. The first-order valence-corrected chi connectivity index (χ1v) is 7.05. The lowest BCUT2D eigenvalue weighted by atomic mass is 10.0. The van der Waals surface area contributed by atoms with Crippen LogP contribution in [0, 0.1) is 0 Å². The number of rotatable bonds is 3. The van der Waals surface area contributed by atoms with Gasteiger partial charge in [-0.2, -0.15) is 5.10 Å². The maximum absolute atomic E-state index is 10.9. The fourth-order valence-electron chi connectivity index (χ4n) is 2.76. The van der Waals surface area contributed by atoms with Gasteiger partial charge in [0.2, 0.25) is 0 Å². The third-order valence-corrected chi connectivity index (χ3v) is 4.05. The Labute approximate surface area is 122 Å². The Morgan fingerprint density at radius 3 is 2.71 bits per heavy atom. The molecular formula is C14H19N5O2. The minimum absolute atomic E-state index is 0.0194. The number of aromatic nitrogens is 3. The molecule has 3 rings (SSSR count). The van der Waals surface area contributed by atoms with Gasteiger partial charge in [0, 0.05) is 31.4 Å². The van der Waals surface area contributed by atoms with Crippen molar-refractivity contribution in [1.82, 2.24) is 19.5 Å². The third-order valence-electron chi connectivity index (χ3n) is 4.05. The Morgan fingerprint density at radius 2 is 2.10 bits per heavy atom. The minimum Gasteiger partial charge on any atom is -0.476 e. The van der Waals surface area contributed by atoms with Crippen LogP contribution in [-0.4, -0.2) is 63.8 Å². The van der Waals surface area contributed by atoms with E-state index in [2.05, 4.69) is 34.0 Å². The van der Waals surface area contributed by atoms with Crippen molar-refractivity contribution < 1.29 is 9.90 Å². The van der Waals surface area contributed by atoms with Gasteiger partial charge in [-0.25, -0.2) is 14.3 Å². The number of carbonyl (C=O) groups is 1. The van der Waals surface area contributed by atoms with Crippen LogP contribution in [0.5, 0.6) is 0 Å². The number of aromatic carboxylic acids is 1. The first-order valence-electron chi connectivity index (χ1n) is 7.05. The van der Waals surface area contributed by atoms with E-state index in [0.717, 1.165) is 31.7 Å². The van der Waals surface area contributed by atoms with Crippen molar-refractivity contribution in [3.63, 3.8) is 0 Å². The van der Waals surface area contributed by atoms with Crippen molar-refractivity contribution in [3.05, 3.63) is 24.0 Å². The molecule has 0 amide bonds. The smallest absolute Gasteiger partial charge is 0.356 e. The summed E-state index contributed by atoms with van der Waals surface area (Å²) < 4.78 is 1.50. The summed E-state index contributed by atoms with van der Waals surface area (Å²) in [5, 5.41) is 12.9. The van der Waals surface area contributed by atoms with Gasteiger partial charge in [-0.15, -0.1) is 0 Å². The average molecular weight is 289 g/mol. The molecule has 7 nitrogen and oxygen atoms in total. The average Bonchev–Trinajstić information content (AvgIpc) is 2.90. The summed E-state index contributed by atoms with van der Waals surface area (Å²) in [7, 11) is 4.23. The lowest BCUT2D eigenvalue weighted by molar-refractivity contribution is 0.0690. The van der Waals surface area contributed by atoms with Gasteiger partial charge in [0.05, 0.1) is 0 Å². The zero-order valence-electron chi connectivity index (χ0n) is 12.2. The fraction of sp³-hybridized carbons (Fsp3) is 0.500. The number of carboxylic acids is 1. The molecule has 0 atom stereocenters. The van der Waals surface area contributed by atoms with Crippen molar-refractivity contribution >= 4 is 17.4 Å². The predicted octanol–water partition coefficient (Wildman–Crippen LogP) is 0.958. The second-order valence-corrected chi connectivity index (χ2v) is 5.61. The van der Waals surface area contributed by atoms with E-state index in [1.54, 1.807) is 6.20 Å². The standard InChI is InChI=1S/C14H19N5O2/c1-17(2)10-3-6-18(7-4-10)12-5-8-19-13(15-12)9-11(16-19)14(20)21/h5,8-10H,3-4,6-7H2,1-2H3,(H,20,21). The molecule has 3 heterocycles. The van der Waals surface area contributed by atoms with E-state index in [9.17, 15) is 4.79 Å². The highest BCUT2D eigenvalue weighted by atomic mass is 16.4. The zero-order valence-corrected chi connectivity index (χ0v) is 12.2. The summed E-state index contributed by atoms with van der Waals surface area (Å²) in [6, 6.07) is 4.01. The Hall–Kier alpha value is -2.15. The molecule has 7 heteroatoms. The molecule has 0 aromatic carbocycles. The van der Waals surface area contributed by atoms with E-state index >= 15 is 0 Å². The SMILES string of the molecule is CN(C)C1CCN(c2ccn3nc(C(=O)O)cc3n2)CC1. The molecule has 1 aliphatic rings. The highest BCUT2D eigenvalue weighted by Gasteiger charge is 2.21. The van der Waals surface area contributed by atoms with Crippen molar-refractivity contribution in [1.29, 1.82) is 0 Å². The summed E-state index contributed by atoms with van der Waals surface area (Å²) in [6.45, 7) is 1.93. The third kappa shape index (κ3) is 2.69. The highest BCUT2D eigenvalue weighted by molar-refractivity contribution is 5.86.